The van der Waals surface area contributed by atoms with E-state index in [4.69, 9.17) is 13.9 Å². The van der Waals surface area contributed by atoms with Crippen LogP contribution in [0, 0.1) is 24.7 Å². The summed E-state index contributed by atoms with van der Waals surface area (Å²) < 4.78 is 19.1. The second kappa shape index (κ2) is 13.9. The molecule has 4 heteroatoms. The van der Waals surface area contributed by atoms with E-state index in [1.165, 1.54) is 22.3 Å². The molecule has 0 aliphatic carbocycles. The highest BCUT2D eigenvalue weighted by Crippen LogP contribution is 2.34. The molecule has 0 heterocycles. The van der Waals surface area contributed by atoms with Gasteiger partial charge in [0.05, 0.1) is 0 Å². The van der Waals surface area contributed by atoms with Crippen molar-refractivity contribution in [2.45, 2.75) is 87.1 Å². The van der Waals surface area contributed by atoms with Gasteiger partial charge in [-0.2, -0.15) is 0 Å². The third-order valence-electron chi connectivity index (χ3n) is 5.81. The van der Waals surface area contributed by atoms with Crippen molar-refractivity contribution in [3.63, 3.8) is 0 Å². The molecule has 3 aromatic carbocycles. The van der Waals surface area contributed by atoms with Crippen molar-refractivity contribution in [1.29, 1.82) is 0 Å². The third kappa shape index (κ3) is 10.2. The lowest BCUT2D eigenvalue weighted by atomic mass is 10.0. The standard InChI is InChI=1S/C34H46O3Si/c1-22(2)10-27-13-26(9)14-30(15-27)35-31-16-28(11-23(3)4)17-32(20-31)36-33-18-29(12-24(5)6)19-34(21-33)37-38-25(7)8/h13-25H,10-12H2,1-9H3. The average molecular weight is 531 g/mol. The highest BCUT2D eigenvalue weighted by atomic mass is 28.2. The maximum absolute atomic E-state index is 6.49. The Morgan fingerprint density at radius 1 is 0.500 bits per heavy atom. The minimum Gasteiger partial charge on any atom is -0.540 e. The zero-order valence-electron chi connectivity index (χ0n) is 24.9. The van der Waals surface area contributed by atoms with Crippen molar-refractivity contribution in [2.75, 3.05) is 0 Å². The molecule has 204 valence electrons. The molecule has 0 amide bonds. The normalized spacial score (nSPS) is 11.6. The van der Waals surface area contributed by atoms with Gasteiger partial charge in [-0.05, 0) is 108 Å². The van der Waals surface area contributed by atoms with E-state index in [1.54, 1.807) is 0 Å². The van der Waals surface area contributed by atoms with E-state index in [9.17, 15) is 0 Å². The van der Waals surface area contributed by atoms with Gasteiger partial charge in [0.15, 0.2) is 0 Å². The molecule has 0 saturated carbocycles. The SMILES string of the molecule is Cc1cc(CC(C)C)cc(Oc2cc(CC(C)C)cc(Oc3cc(CC(C)C)cc(O[Si]C(C)C)c3)c2)c1. The lowest BCUT2D eigenvalue weighted by molar-refractivity contribution is 0.455. The van der Waals surface area contributed by atoms with Crippen molar-refractivity contribution >= 4 is 9.76 Å². The number of benzene rings is 3. The molecule has 0 spiro atoms. The fourth-order valence-electron chi connectivity index (χ4n) is 4.61. The van der Waals surface area contributed by atoms with Gasteiger partial charge < -0.3 is 13.9 Å². The van der Waals surface area contributed by atoms with Crippen LogP contribution in [-0.4, -0.2) is 9.76 Å². The summed E-state index contributed by atoms with van der Waals surface area (Å²) in [6.07, 6.45) is 2.97. The molecule has 0 atom stereocenters. The second-order valence-corrected chi connectivity index (χ2v) is 13.7. The van der Waals surface area contributed by atoms with Crippen LogP contribution in [0.25, 0.3) is 0 Å². The van der Waals surface area contributed by atoms with Crippen LogP contribution in [0.2, 0.25) is 5.54 Å². The van der Waals surface area contributed by atoms with Crippen LogP contribution in [0.1, 0.15) is 77.6 Å². The maximum Gasteiger partial charge on any atom is 0.313 e. The third-order valence-corrected chi connectivity index (χ3v) is 6.63. The Balaban J connectivity index is 1.93. The van der Waals surface area contributed by atoms with E-state index in [1.807, 2.05) is 12.1 Å². The molecule has 0 aliphatic rings. The van der Waals surface area contributed by atoms with Crippen LogP contribution in [0.15, 0.2) is 54.6 Å². The van der Waals surface area contributed by atoms with E-state index in [2.05, 4.69) is 105 Å². The quantitative estimate of drug-likeness (QED) is 0.206. The Morgan fingerprint density at radius 2 is 0.868 bits per heavy atom. The lowest BCUT2D eigenvalue weighted by Crippen LogP contribution is -2.06. The smallest absolute Gasteiger partial charge is 0.313 e. The van der Waals surface area contributed by atoms with Gasteiger partial charge >= 0.3 is 9.76 Å². The van der Waals surface area contributed by atoms with Gasteiger partial charge in [0.25, 0.3) is 0 Å². The number of hydrogen-bond acceptors (Lipinski definition) is 3. The lowest BCUT2D eigenvalue weighted by Gasteiger charge is -2.16. The minimum absolute atomic E-state index is 0.420. The summed E-state index contributed by atoms with van der Waals surface area (Å²) in [7, 11) is 0.420. The summed E-state index contributed by atoms with van der Waals surface area (Å²) in [5.74, 6) is 5.81. The van der Waals surface area contributed by atoms with Crippen LogP contribution in [0.4, 0.5) is 0 Å². The Kier molecular flexibility index (Phi) is 10.9. The first-order valence-corrected chi connectivity index (χ1v) is 15.1. The zero-order valence-corrected chi connectivity index (χ0v) is 25.9. The average Bonchev–Trinajstić information content (AvgIpc) is 2.75. The Hall–Kier alpha value is -2.72. The molecule has 3 rings (SSSR count). The van der Waals surface area contributed by atoms with Crippen molar-refractivity contribution < 1.29 is 13.9 Å². The van der Waals surface area contributed by atoms with Crippen molar-refractivity contribution in [1.82, 2.24) is 0 Å². The molecule has 2 radical (unpaired) electrons. The van der Waals surface area contributed by atoms with Gasteiger partial charge in [0.1, 0.15) is 28.7 Å². The number of hydrogen-bond donors (Lipinski definition) is 0. The largest absolute Gasteiger partial charge is 0.540 e. The molecular formula is C34H46O3Si. The van der Waals surface area contributed by atoms with Gasteiger partial charge in [-0.25, -0.2) is 0 Å². The summed E-state index contributed by atoms with van der Waals surface area (Å²) in [5, 5.41) is 0. The van der Waals surface area contributed by atoms with Crippen molar-refractivity contribution in [3.05, 3.63) is 76.9 Å². The van der Waals surface area contributed by atoms with Gasteiger partial charge in [-0.3, -0.25) is 0 Å². The Morgan fingerprint density at radius 3 is 1.29 bits per heavy atom. The van der Waals surface area contributed by atoms with Gasteiger partial charge in [0.2, 0.25) is 0 Å². The number of rotatable bonds is 13. The topological polar surface area (TPSA) is 27.7 Å². The summed E-state index contributed by atoms with van der Waals surface area (Å²) in [4.78, 5) is 0. The van der Waals surface area contributed by atoms with Crippen molar-refractivity contribution in [2.24, 2.45) is 17.8 Å². The molecule has 0 unspecified atom stereocenters. The first-order valence-electron chi connectivity index (χ1n) is 14.1. The van der Waals surface area contributed by atoms with Crippen LogP contribution in [0.5, 0.6) is 28.7 Å². The molecule has 3 aromatic rings. The zero-order chi connectivity index (χ0) is 27.8. The van der Waals surface area contributed by atoms with E-state index in [0.29, 0.717) is 33.1 Å². The molecule has 0 saturated heterocycles. The van der Waals surface area contributed by atoms with E-state index < -0.39 is 0 Å². The molecule has 0 fully saturated rings. The van der Waals surface area contributed by atoms with Crippen LogP contribution < -0.4 is 13.9 Å². The number of aryl methyl sites for hydroxylation is 1. The molecule has 0 aliphatic heterocycles. The highest BCUT2D eigenvalue weighted by Gasteiger charge is 2.12. The van der Waals surface area contributed by atoms with Gasteiger partial charge in [0, 0.05) is 12.1 Å². The Bertz CT molecular complexity index is 1180. The maximum atomic E-state index is 6.49. The first kappa shape index (κ1) is 29.8. The van der Waals surface area contributed by atoms with E-state index >= 15 is 0 Å². The summed E-state index contributed by atoms with van der Waals surface area (Å²) >= 11 is 0. The molecule has 0 bridgehead atoms. The monoisotopic (exact) mass is 530 g/mol. The molecule has 3 nitrogen and oxygen atoms in total. The van der Waals surface area contributed by atoms with Gasteiger partial charge in [-0.15, -0.1) is 0 Å². The highest BCUT2D eigenvalue weighted by molar-refractivity contribution is 6.30. The molecule has 38 heavy (non-hydrogen) atoms. The fraction of sp³-hybridized carbons (Fsp3) is 0.471. The van der Waals surface area contributed by atoms with Crippen molar-refractivity contribution in [3.8, 4) is 28.7 Å². The predicted octanol–water partition coefficient (Wildman–Crippen LogP) is 10.0. The van der Waals surface area contributed by atoms with Gasteiger partial charge in [-0.1, -0.05) is 61.5 Å². The second-order valence-electron chi connectivity index (χ2n) is 12.2. The van der Waals surface area contributed by atoms with E-state index in [-0.39, 0.29) is 0 Å². The van der Waals surface area contributed by atoms with Crippen LogP contribution in [-0.2, 0) is 19.3 Å². The molecule has 0 aromatic heterocycles. The predicted molar refractivity (Wildman–Crippen MR) is 161 cm³/mol. The summed E-state index contributed by atoms with van der Waals surface area (Å²) in [5.41, 5.74) is 5.45. The minimum atomic E-state index is 0.420. The number of ether oxygens (including phenoxy) is 2. The summed E-state index contributed by atoms with van der Waals surface area (Å²) in [6, 6.07) is 19.1. The Labute approximate surface area is 233 Å². The molecular weight excluding hydrogens is 484 g/mol. The fourth-order valence-corrected chi connectivity index (χ4v) is 5.10. The van der Waals surface area contributed by atoms with Crippen LogP contribution in [0.3, 0.4) is 0 Å². The van der Waals surface area contributed by atoms with E-state index in [0.717, 1.165) is 48.0 Å². The summed E-state index contributed by atoms with van der Waals surface area (Å²) in [6.45, 7) is 19.9. The molecule has 0 N–H and O–H groups in total. The van der Waals surface area contributed by atoms with Crippen LogP contribution >= 0.6 is 0 Å². The first-order chi connectivity index (χ1) is 17.9.